The van der Waals surface area contributed by atoms with Crippen LogP contribution in [0.3, 0.4) is 0 Å². The lowest BCUT2D eigenvalue weighted by atomic mass is 9.83. The van der Waals surface area contributed by atoms with Crippen LogP contribution in [0.2, 0.25) is 0 Å². The fourth-order valence-electron chi connectivity index (χ4n) is 2.76. The van der Waals surface area contributed by atoms with E-state index in [-0.39, 0.29) is 23.8 Å². The SMILES string of the molecule is CC(C)C(NC(=O)C1CCc2ccccc2C1)C(N)=S. The van der Waals surface area contributed by atoms with Gasteiger partial charge >= 0.3 is 0 Å². The van der Waals surface area contributed by atoms with Crippen LogP contribution < -0.4 is 11.1 Å². The fourth-order valence-corrected chi connectivity index (χ4v) is 3.09. The Labute approximate surface area is 125 Å². The average Bonchev–Trinajstić information content (AvgIpc) is 2.43. The van der Waals surface area contributed by atoms with E-state index in [1.54, 1.807) is 0 Å². The minimum absolute atomic E-state index is 0.0282. The van der Waals surface area contributed by atoms with Crippen molar-refractivity contribution in [2.24, 2.45) is 17.6 Å². The Morgan fingerprint density at radius 3 is 2.60 bits per heavy atom. The van der Waals surface area contributed by atoms with Crippen molar-refractivity contribution < 1.29 is 4.79 Å². The molecule has 1 aliphatic carbocycles. The van der Waals surface area contributed by atoms with Crippen LogP contribution in [0, 0.1) is 11.8 Å². The minimum Gasteiger partial charge on any atom is -0.392 e. The number of carbonyl (C=O) groups is 1. The Balaban J connectivity index is 2.03. The average molecular weight is 290 g/mol. The van der Waals surface area contributed by atoms with Gasteiger partial charge in [0.1, 0.15) is 0 Å². The Morgan fingerprint density at radius 1 is 1.35 bits per heavy atom. The van der Waals surface area contributed by atoms with Gasteiger partial charge in [-0.15, -0.1) is 0 Å². The van der Waals surface area contributed by atoms with Crippen molar-refractivity contribution in [3.8, 4) is 0 Å². The first-order valence-corrected chi connectivity index (χ1v) is 7.56. The van der Waals surface area contributed by atoms with Gasteiger partial charge in [-0.25, -0.2) is 0 Å². The van der Waals surface area contributed by atoms with E-state index in [9.17, 15) is 4.79 Å². The van der Waals surface area contributed by atoms with Crippen LogP contribution in [0.25, 0.3) is 0 Å². The van der Waals surface area contributed by atoms with E-state index in [1.165, 1.54) is 11.1 Å². The van der Waals surface area contributed by atoms with Crippen molar-refractivity contribution >= 4 is 23.1 Å². The fraction of sp³-hybridized carbons (Fsp3) is 0.500. The topological polar surface area (TPSA) is 55.1 Å². The largest absolute Gasteiger partial charge is 0.392 e. The van der Waals surface area contributed by atoms with Gasteiger partial charge in [0.15, 0.2) is 0 Å². The molecule has 1 aromatic rings. The van der Waals surface area contributed by atoms with E-state index in [1.807, 2.05) is 19.9 Å². The number of carbonyl (C=O) groups excluding carboxylic acids is 1. The normalized spacial score (nSPS) is 19.2. The van der Waals surface area contributed by atoms with Gasteiger partial charge in [-0.1, -0.05) is 50.3 Å². The number of nitrogens with one attached hydrogen (secondary N) is 1. The quantitative estimate of drug-likeness (QED) is 0.836. The highest BCUT2D eigenvalue weighted by atomic mass is 32.1. The molecule has 3 N–H and O–H groups in total. The summed E-state index contributed by atoms with van der Waals surface area (Å²) in [6, 6.07) is 8.14. The van der Waals surface area contributed by atoms with Gasteiger partial charge in [0.05, 0.1) is 11.0 Å². The van der Waals surface area contributed by atoms with Crippen LogP contribution in [-0.2, 0) is 17.6 Å². The molecule has 0 fully saturated rings. The maximum absolute atomic E-state index is 12.4. The summed E-state index contributed by atoms with van der Waals surface area (Å²) in [5.74, 6) is 0.318. The first kappa shape index (κ1) is 15.0. The zero-order valence-corrected chi connectivity index (χ0v) is 12.9. The molecular formula is C16H22N2OS. The van der Waals surface area contributed by atoms with Crippen LogP contribution in [0.15, 0.2) is 24.3 Å². The van der Waals surface area contributed by atoms with Crippen LogP contribution in [0.4, 0.5) is 0 Å². The van der Waals surface area contributed by atoms with Crippen LogP contribution in [0.5, 0.6) is 0 Å². The molecule has 0 aromatic heterocycles. The molecule has 0 heterocycles. The van der Waals surface area contributed by atoms with Gasteiger partial charge in [-0.2, -0.15) is 0 Å². The molecule has 1 amide bonds. The van der Waals surface area contributed by atoms with Gasteiger partial charge in [-0.05, 0) is 36.3 Å². The maximum Gasteiger partial charge on any atom is 0.224 e. The highest BCUT2D eigenvalue weighted by Crippen LogP contribution is 2.25. The van der Waals surface area contributed by atoms with Crippen molar-refractivity contribution in [3.63, 3.8) is 0 Å². The first-order chi connectivity index (χ1) is 9.49. The van der Waals surface area contributed by atoms with Crippen molar-refractivity contribution in [2.45, 2.75) is 39.2 Å². The summed E-state index contributed by atoms with van der Waals surface area (Å²) in [6.45, 7) is 4.03. The van der Waals surface area contributed by atoms with Crippen LogP contribution >= 0.6 is 12.2 Å². The van der Waals surface area contributed by atoms with Crippen molar-refractivity contribution in [3.05, 3.63) is 35.4 Å². The van der Waals surface area contributed by atoms with Gasteiger partial charge in [0.2, 0.25) is 5.91 Å². The number of hydrogen-bond donors (Lipinski definition) is 2. The minimum atomic E-state index is -0.213. The Hall–Kier alpha value is -1.42. The van der Waals surface area contributed by atoms with E-state index in [0.29, 0.717) is 4.99 Å². The summed E-state index contributed by atoms with van der Waals surface area (Å²) in [7, 11) is 0. The highest BCUT2D eigenvalue weighted by molar-refractivity contribution is 7.80. The monoisotopic (exact) mass is 290 g/mol. The molecule has 0 bridgehead atoms. The van der Waals surface area contributed by atoms with Crippen LogP contribution in [-0.4, -0.2) is 16.9 Å². The Kier molecular flexibility index (Phi) is 4.76. The van der Waals surface area contributed by atoms with E-state index >= 15 is 0 Å². The molecule has 0 radical (unpaired) electrons. The predicted molar refractivity (Wildman–Crippen MR) is 85.5 cm³/mol. The number of amides is 1. The number of nitrogens with two attached hydrogens (primary N) is 1. The third kappa shape index (κ3) is 3.37. The molecular weight excluding hydrogens is 268 g/mol. The Bertz CT molecular complexity index is 513. The summed E-state index contributed by atoms with van der Waals surface area (Å²) in [5.41, 5.74) is 8.36. The third-order valence-corrected chi connectivity index (χ3v) is 4.24. The summed E-state index contributed by atoms with van der Waals surface area (Å²) in [5, 5.41) is 3.01. The van der Waals surface area contributed by atoms with Crippen molar-refractivity contribution in [1.29, 1.82) is 0 Å². The standard InChI is InChI=1S/C16H22N2OS/c1-10(2)14(15(17)20)18-16(19)13-8-7-11-5-3-4-6-12(11)9-13/h3-6,10,13-14H,7-9H2,1-2H3,(H2,17,20)(H,18,19). The smallest absolute Gasteiger partial charge is 0.224 e. The third-order valence-electron chi connectivity index (χ3n) is 3.99. The molecule has 2 atom stereocenters. The molecule has 2 unspecified atom stereocenters. The lowest BCUT2D eigenvalue weighted by molar-refractivity contribution is -0.125. The van der Waals surface area contributed by atoms with Gasteiger partial charge < -0.3 is 11.1 Å². The van der Waals surface area contributed by atoms with Gasteiger partial charge in [-0.3, -0.25) is 4.79 Å². The number of thiocarbonyl (C=S) groups is 1. The molecule has 0 saturated heterocycles. The number of aryl methyl sites for hydroxylation is 1. The van der Waals surface area contributed by atoms with Crippen LogP contribution in [0.1, 0.15) is 31.4 Å². The van der Waals surface area contributed by atoms with E-state index in [2.05, 4.69) is 23.5 Å². The number of fused-ring (bicyclic) bond motifs is 1. The molecule has 1 aromatic carbocycles. The molecule has 0 aliphatic heterocycles. The van der Waals surface area contributed by atoms with Gasteiger partial charge in [0.25, 0.3) is 0 Å². The number of hydrogen-bond acceptors (Lipinski definition) is 2. The second kappa shape index (κ2) is 6.35. The van der Waals surface area contributed by atoms with E-state index in [0.717, 1.165) is 19.3 Å². The molecule has 4 heteroatoms. The molecule has 0 saturated carbocycles. The summed E-state index contributed by atoms with van der Waals surface area (Å²) in [6.07, 6.45) is 2.67. The van der Waals surface area contributed by atoms with Crippen molar-refractivity contribution in [1.82, 2.24) is 5.32 Å². The summed E-state index contributed by atoms with van der Waals surface area (Å²) < 4.78 is 0. The lowest BCUT2D eigenvalue weighted by Crippen LogP contribution is -2.49. The lowest BCUT2D eigenvalue weighted by Gasteiger charge is -2.27. The zero-order valence-electron chi connectivity index (χ0n) is 12.1. The number of rotatable bonds is 4. The zero-order chi connectivity index (χ0) is 14.7. The molecule has 0 spiro atoms. The maximum atomic E-state index is 12.4. The molecule has 1 aliphatic rings. The number of benzene rings is 1. The molecule has 3 nitrogen and oxygen atoms in total. The van der Waals surface area contributed by atoms with Crippen molar-refractivity contribution in [2.75, 3.05) is 0 Å². The molecule has 2 rings (SSSR count). The summed E-state index contributed by atoms with van der Waals surface area (Å²) in [4.78, 5) is 12.8. The Morgan fingerprint density at radius 2 is 2.00 bits per heavy atom. The summed E-state index contributed by atoms with van der Waals surface area (Å²) >= 11 is 5.04. The second-order valence-electron chi connectivity index (χ2n) is 5.84. The van der Waals surface area contributed by atoms with E-state index in [4.69, 9.17) is 18.0 Å². The first-order valence-electron chi connectivity index (χ1n) is 7.15. The highest BCUT2D eigenvalue weighted by Gasteiger charge is 2.27. The molecule has 108 valence electrons. The van der Waals surface area contributed by atoms with Gasteiger partial charge in [0, 0.05) is 5.92 Å². The van der Waals surface area contributed by atoms with E-state index < -0.39 is 0 Å². The second-order valence-corrected chi connectivity index (χ2v) is 6.31. The molecule has 20 heavy (non-hydrogen) atoms. The predicted octanol–water partition coefficient (Wildman–Crippen LogP) is 2.22.